The van der Waals surface area contributed by atoms with Crippen LogP contribution in [0.3, 0.4) is 0 Å². The number of alkyl halides is 3. The first-order valence-corrected chi connectivity index (χ1v) is 6.00. The van der Waals surface area contributed by atoms with Crippen molar-refractivity contribution in [1.29, 1.82) is 0 Å². The first kappa shape index (κ1) is 11.3. The maximum absolute atomic E-state index is 12.2. The van der Waals surface area contributed by atoms with Gasteiger partial charge in [-0.25, -0.2) is 23.1 Å². The first-order valence-electron chi connectivity index (χ1n) is 3.64. The number of sulfonamides is 1. The lowest BCUT2D eigenvalue weighted by Crippen LogP contribution is -2.12. The van der Waals surface area contributed by atoms with Gasteiger partial charge in [0.2, 0.25) is 9.30 Å². The molecule has 0 fully saturated rings. The number of hydrogen-bond acceptors (Lipinski definition) is 5. The standard InChI is InChI=1S/C5H3F3N4O2S2/c6-5(7,8)2-1-12-3(10-2)15-4(11-12)16(9,13)14/h1H,(H2,9,13,14). The zero-order valence-electron chi connectivity index (χ0n) is 7.26. The lowest BCUT2D eigenvalue weighted by atomic mass is 10.5. The molecule has 11 heteroatoms. The Hall–Kier alpha value is -1.20. The van der Waals surface area contributed by atoms with Crippen LogP contribution in [0.2, 0.25) is 0 Å². The molecule has 16 heavy (non-hydrogen) atoms. The van der Waals surface area contributed by atoms with Gasteiger partial charge in [0.25, 0.3) is 10.0 Å². The van der Waals surface area contributed by atoms with Gasteiger partial charge in [0.05, 0.1) is 6.20 Å². The van der Waals surface area contributed by atoms with Gasteiger partial charge in [-0.15, -0.1) is 5.10 Å². The topological polar surface area (TPSA) is 90.4 Å². The van der Waals surface area contributed by atoms with E-state index in [1.165, 1.54) is 0 Å². The normalized spacial score (nSPS) is 13.5. The Kier molecular flexibility index (Phi) is 2.22. The van der Waals surface area contributed by atoms with Crippen LogP contribution in [0.1, 0.15) is 5.69 Å². The Bertz CT molecular complexity index is 609. The van der Waals surface area contributed by atoms with Crippen molar-refractivity contribution in [2.75, 3.05) is 0 Å². The molecule has 2 rings (SSSR count). The van der Waals surface area contributed by atoms with Crippen molar-refractivity contribution < 1.29 is 21.6 Å². The van der Waals surface area contributed by atoms with E-state index in [9.17, 15) is 21.6 Å². The largest absolute Gasteiger partial charge is 0.435 e. The van der Waals surface area contributed by atoms with Gasteiger partial charge < -0.3 is 0 Å². The van der Waals surface area contributed by atoms with Gasteiger partial charge in [-0.2, -0.15) is 13.2 Å². The van der Waals surface area contributed by atoms with Crippen LogP contribution < -0.4 is 5.14 Å². The summed E-state index contributed by atoms with van der Waals surface area (Å²) in [4.78, 5) is 3.01. The van der Waals surface area contributed by atoms with E-state index in [4.69, 9.17) is 5.14 Å². The molecule has 0 aliphatic rings. The quantitative estimate of drug-likeness (QED) is 0.816. The van der Waals surface area contributed by atoms with Crippen molar-refractivity contribution in [3.63, 3.8) is 0 Å². The van der Waals surface area contributed by atoms with E-state index < -0.39 is 26.2 Å². The number of nitrogens with zero attached hydrogens (tertiary/aromatic N) is 3. The van der Waals surface area contributed by atoms with Gasteiger partial charge in [0.15, 0.2) is 5.69 Å². The molecule has 2 N–H and O–H groups in total. The third-order valence-electron chi connectivity index (χ3n) is 1.56. The fourth-order valence-electron chi connectivity index (χ4n) is 0.933. The fraction of sp³-hybridized carbons (Fsp3) is 0.200. The van der Waals surface area contributed by atoms with Gasteiger partial charge >= 0.3 is 6.18 Å². The first-order chi connectivity index (χ1) is 7.18. The maximum atomic E-state index is 12.2. The zero-order chi connectivity index (χ0) is 12.1. The molecule has 0 unspecified atom stereocenters. The van der Waals surface area contributed by atoms with Crippen LogP contribution in [0.15, 0.2) is 10.5 Å². The lowest BCUT2D eigenvalue weighted by Gasteiger charge is -1.98. The molecule has 0 aliphatic heterocycles. The summed E-state index contributed by atoms with van der Waals surface area (Å²) in [5.74, 6) is 0. The molecule has 2 aromatic heterocycles. The number of hydrogen-bond donors (Lipinski definition) is 1. The molecule has 0 saturated carbocycles. The number of rotatable bonds is 1. The Balaban J connectivity index is 2.57. The molecule has 0 aromatic carbocycles. The summed E-state index contributed by atoms with van der Waals surface area (Å²) in [6.07, 6.45) is -3.99. The van der Waals surface area contributed by atoms with Gasteiger partial charge in [-0.1, -0.05) is 11.3 Å². The summed E-state index contributed by atoms with van der Waals surface area (Å²) in [6, 6.07) is 0. The molecule has 6 nitrogen and oxygen atoms in total. The summed E-state index contributed by atoms with van der Waals surface area (Å²) < 4.78 is 58.5. The monoisotopic (exact) mass is 272 g/mol. The fourth-order valence-corrected chi connectivity index (χ4v) is 2.44. The number of aromatic nitrogens is 3. The SMILES string of the molecule is NS(=O)(=O)c1nn2cc(C(F)(F)F)nc2s1. The van der Waals surface area contributed by atoms with Crippen molar-refractivity contribution in [3.05, 3.63) is 11.9 Å². The van der Waals surface area contributed by atoms with E-state index in [1.54, 1.807) is 0 Å². The molecule has 0 aliphatic carbocycles. The molecule has 0 bridgehead atoms. The van der Waals surface area contributed by atoms with Gasteiger partial charge in [0, 0.05) is 0 Å². The molecule has 0 amide bonds. The molecule has 0 radical (unpaired) electrons. The lowest BCUT2D eigenvalue weighted by molar-refractivity contribution is -0.140. The highest BCUT2D eigenvalue weighted by Crippen LogP contribution is 2.29. The third kappa shape index (κ3) is 1.88. The van der Waals surface area contributed by atoms with E-state index in [0.717, 1.165) is 4.52 Å². The van der Waals surface area contributed by atoms with Crippen LogP contribution >= 0.6 is 11.3 Å². The smallest absolute Gasteiger partial charge is 0.223 e. The van der Waals surface area contributed by atoms with Crippen LogP contribution in [-0.2, 0) is 16.2 Å². The molecule has 0 atom stereocenters. The van der Waals surface area contributed by atoms with Crippen molar-refractivity contribution >= 4 is 26.3 Å². The van der Waals surface area contributed by atoms with Crippen molar-refractivity contribution in [1.82, 2.24) is 14.6 Å². The molecular weight excluding hydrogens is 269 g/mol. The average Bonchev–Trinajstić information content (AvgIpc) is 2.53. The number of fused-ring (bicyclic) bond motifs is 1. The van der Waals surface area contributed by atoms with E-state index in [0.29, 0.717) is 17.5 Å². The minimum absolute atomic E-state index is 0.184. The number of primary sulfonamides is 1. The van der Waals surface area contributed by atoms with Crippen molar-refractivity contribution in [2.24, 2.45) is 5.14 Å². The van der Waals surface area contributed by atoms with Crippen molar-refractivity contribution in [2.45, 2.75) is 10.5 Å². The highest BCUT2D eigenvalue weighted by Gasteiger charge is 2.34. The van der Waals surface area contributed by atoms with Crippen LogP contribution in [0.25, 0.3) is 4.96 Å². The number of imidazole rings is 1. The number of nitrogens with two attached hydrogens (primary N) is 1. The predicted molar refractivity (Wildman–Crippen MR) is 47.2 cm³/mol. The maximum Gasteiger partial charge on any atom is 0.435 e. The van der Waals surface area contributed by atoms with E-state index in [1.807, 2.05) is 0 Å². The zero-order valence-corrected chi connectivity index (χ0v) is 8.90. The van der Waals surface area contributed by atoms with E-state index in [2.05, 4.69) is 10.1 Å². The van der Waals surface area contributed by atoms with E-state index in [-0.39, 0.29) is 4.96 Å². The summed E-state index contributed by atoms with van der Waals surface area (Å²) >= 11 is 0.469. The summed E-state index contributed by atoms with van der Waals surface area (Å²) in [5, 5.41) is 8.14. The number of halogens is 3. The van der Waals surface area contributed by atoms with Crippen LogP contribution in [-0.4, -0.2) is 23.0 Å². The molecule has 0 spiro atoms. The second kappa shape index (κ2) is 3.15. The average molecular weight is 272 g/mol. The second-order valence-corrected chi connectivity index (χ2v) is 5.46. The van der Waals surface area contributed by atoms with E-state index >= 15 is 0 Å². The van der Waals surface area contributed by atoms with Gasteiger partial charge in [-0.05, 0) is 0 Å². The highest BCUT2D eigenvalue weighted by atomic mass is 32.2. The molecule has 2 heterocycles. The Morgan fingerprint density at radius 1 is 1.44 bits per heavy atom. The Labute approximate surface area is 90.6 Å². The summed E-state index contributed by atoms with van der Waals surface area (Å²) in [6.45, 7) is 0. The molecule has 88 valence electrons. The van der Waals surface area contributed by atoms with Crippen LogP contribution in [0, 0.1) is 0 Å². The summed E-state index contributed by atoms with van der Waals surface area (Å²) in [7, 11) is -4.02. The minimum atomic E-state index is -4.59. The Morgan fingerprint density at radius 3 is 2.50 bits per heavy atom. The predicted octanol–water partition coefficient (Wildman–Crippen LogP) is 0.457. The molecule has 0 saturated heterocycles. The minimum Gasteiger partial charge on any atom is -0.223 e. The molecular formula is C5H3F3N4O2S2. The Morgan fingerprint density at radius 2 is 2.06 bits per heavy atom. The van der Waals surface area contributed by atoms with Crippen LogP contribution in [0.4, 0.5) is 13.2 Å². The second-order valence-electron chi connectivity index (χ2n) is 2.76. The van der Waals surface area contributed by atoms with Crippen molar-refractivity contribution in [3.8, 4) is 0 Å². The van der Waals surface area contributed by atoms with Crippen LogP contribution in [0.5, 0.6) is 0 Å². The third-order valence-corrected chi connectivity index (χ3v) is 3.79. The summed E-state index contributed by atoms with van der Waals surface area (Å²) in [5.41, 5.74) is -1.13. The molecule has 2 aromatic rings. The van der Waals surface area contributed by atoms with Gasteiger partial charge in [-0.3, -0.25) is 0 Å². The highest BCUT2D eigenvalue weighted by molar-refractivity contribution is 7.91. The van der Waals surface area contributed by atoms with Gasteiger partial charge in [0.1, 0.15) is 0 Å².